The van der Waals surface area contributed by atoms with Gasteiger partial charge in [0.25, 0.3) is 0 Å². The number of pyridine rings is 1. The number of fused-ring (bicyclic) bond motifs is 1. The molecule has 0 bridgehead atoms. The number of piperidine rings is 1. The van der Waals surface area contributed by atoms with Crippen molar-refractivity contribution in [3.05, 3.63) is 101 Å². The number of rotatable bonds is 6. The van der Waals surface area contributed by atoms with E-state index < -0.39 is 10.1 Å². The van der Waals surface area contributed by atoms with Gasteiger partial charge in [0.15, 0.2) is 0 Å². The van der Waals surface area contributed by atoms with Gasteiger partial charge >= 0.3 is 0 Å². The van der Waals surface area contributed by atoms with Gasteiger partial charge in [-0.25, -0.2) is 8.42 Å². The number of hydrogen-bond acceptors (Lipinski definition) is 5. The molecule has 9 heteroatoms. The van der Waals surface area contributed by atoms with Crippen molar-refractivity contribution in [3.63, 3.8) is 0 Å². The second-order valence-corrected chi connectivity index (χ2v) is 11.9. The summed E-state index contributed by atoms with van der Waals surface area (Å²) in [5.41, 5.74) is 5.48. The van der Waals surface area contributed by atoms with Gasteiger partial charge in [0, 0.05) is 59.9 Å². The summed E-state index contributed by atoms with van der Waals surface area (Å²) < 4.78 is 33.5. The fourth-order valence-corrected chi connectivity index (χ4v) is 5.45. The molecule has 40 heavy (non-hydrogen) atoms. The predicted molar refractivity (Wildman–Crippen MR) is 161 cm³/mol. The largest absolute Gasteiger partial charge is 0.744 e. The summed E-state index contributed by atoms with van der Waals surface area (Å²) in [6, 6.07) is 24.5. The smallest absolute Gasteiger partial charge is 0.214 e. The first-order valence-electron chi connectivity index (χ1n) is 13.0. The zero-order valence-electron chi connectivity index (χ0n) is 22.2. The van der Waals surface area contributed by atoms with E-state index in [2.05, 4.69) is 65.1 Å². The first-order chi connectivity index (χ1) is 19.2. The van der Waals surface area contributed by atoms with Crippen LogP contribution in [0.1, 0.15) is 29.7 Å². The number of aliphatic hydroxyl groups is 1. The van der Waals surface area contributed by atoms with Crippen LogP contribution >= 0.6 is 23.2 Å². The quantitative estimate of drug-likeness (QED) is 0.166. The molecule has 0 amide bonds. The Morgan fingerprint density at radius 2 is 1.62 bits per heavy atom. The summed E-state index contributed by atoms with van der Waals surface area (Å²) >= 11 is 11.6. The molecule has 5 rings (SSSR count). The molecule has 0 aliphatic carbocycles. The molecule has 0 radical (unpaired) electrons. The average molecular weight is 600 g/mol. The lowest BCUT2D eigenvalue weighted by atomic mass is 9.97. The highest BCUT2D eigenvalue weighted by atomic mass is 35.5. The highest BCUT2D eigenvalue weighted by Gasteiger charge is 2.18. The molecule has 0 atom stereocenters. The van der Waals surface area contributed by atoms with E-state index in [0.29, 0.717) is 18.4 Å². The van der Waals surface area contributed by atoms with Gasteiger partial charge in [-0.3, -0.25) is 0 Å². The van der Waals surface area contributed by atoms with Crippen LogP contribution in [0, 0.1) is 5.92 Å². The van der Waals surface area contributed by atoms with Crippen molar-refractivity contribution in [2.45, 2.75) is 23.6 Å². The van der Waals surface area contributed by atoms with Crippen LogP contribution in [0.4, 0.5) is 5.69 Å². The Morgan fingerprint density at radius 1 is 0.975 bits per heavy atom. The Balaban J connectivity index is 0.000000259. The molecule has 4 aromatic rings. The minimum absolute atomic E-state index is 0.226. The highest BCUT2D eigenvalue weighted by molar-refractivity contribution is 7.85. The lowest BCUT2D eigenvalue weighted by Crippen LogP contribution is -2.34. The third-order valence-electron chi connectivity index (χ3n) is 7.12. The second kappa shape index (κ2) is 13.6. The minimum Gasteiger partial charge on any atom is -0.744 e. The maximum atomic E-state index is 10.4. The van der Waals surface area contributed by atoms with Crippen LogP contribution < -0.4 is 9.47 Å². The Morgan fingerprint density at radius 3 is 2.23 bits per heavy atom. The van der Waals surface area contributed by atoms with Crippen LogP contribution in [-0.4, -0.2) is 37.8 Å². The Hall–Kier alpha value is -2.94. The van der Waals surface area contributed by atoms with Gasteiger partial charge in [-0.05, 0) is 78.4 Å². The maximum Gasteiger partial charge on any atom is 0.214 e. The van der Waals surface area contributed by atoms with Gasteiger partial charge in [-0.1, -0.05) is 35.9 Å². The lowest BCUT2D eigenvalue weighted by Gasteiger charge is -2.32. The Kier molecular flexibility index (Phi) is 10.2. The molecular weight excluding hydrogens is 567 g/mol. The molecule has 0 spiro atoms. The number of benzene rings is 3. The summed E-state index contributed by atoms with van der Waals surface area (Å²) in [5.74, 6) is 0.773. The average Bonchev–Trinajstić information content (AvgIpc) is 2.97. The number of nitrogens with zero attached hydrogens (tertiary/aromatic N) is 2. The molecule has 0 saturated carbocycles. The predicted octanol–water partition coefficient (Wildman–Crippen LogP) is 6.03. The topological polar surface area (TPSA) is 84.5 Å². The standard InChI is InChI=1S/C24H26ClN2O.C7H7ClO3S/c1-26-22(11-6-20-5-7-21(25)16-24(20)26)8-2-18-3-9-23(10-4-18)27-14-12-19(17-28)13-15-27;8-5-6-1-3-7(4-2-6)12(9,10)11/h2-11,16,19,28H,12-15,17H2,1H3;1-4H,5H2,(H,9,10,11)/q+1;/p-1. The second-order valence-electron chi connectivity index (χ2n) is 9.79. The van der Waals surface area contributed by atoms with Gasteiger partial charge < -0.3 is 14.6 Å². The molecule has 0 unspecified atom stereocenters. The van der Waals surface area contributed by atoms with Crippen LogP contribution in [0.25, 0.3) is 23.1 Å². The van der Waals surface area contributed by atoms with Crippen LogP contribution in [0.2, 0.25) is 5.02 Å². The van der Waals surface area contributed by atoms with E-state index in [0.717, 1.165) is 47.7 Å². The van der Waals surface area contributed by atoms with Crippen LogP contribution in [0.5, 0.6) is 0 Å². The highest BCUT2D eigenvalue weighted by Crippen LogP contribution is 2.24. The van der Waals surface area contributed by atoms with E-state index in [-0.39, 0.29) is 4.90 Å². The zero-order valence-corrected chi connectivity index (χ0v) is 24.5. The summed E-state index contributed by atoms with van der Waals surface area (Å²) in [5, 5.41) is 11.2. The molecule has 6 nitrogen and oxygen atoms in total. The first-order valence-corrected chi connectivity index (χ1v) is 15.3. The summed E-state index contributed by atoms with van der Waals surface area (Å²) in [4.78, 5) is 2.18. The minimum atomic E-state index is -4.32. The van der Waals surface area contributed by atoms with Crippen molar-refractivity contribution in [2.24, 2.45) is 13.0 Å². The number of hydrogen-bond donors (Lipinski definition) is 1. The SMILES string of the molecule is C[n+]1c(C=Cc2ccc(N3CCC(CO)CC3)cc2)ccc2ccc(Cl)cc21.O=S(=O)([O-])c1ccc(CCl)cc1. The van der Waals surface area contributed by atoms with Gasteiger partial charge in [0.1, 0.15) is 17.2 Å². The maximum absolute atomic E-state index is 10.4. The number of alkyl halides is 1. The molecule has 1 aliphatic rings. The molecule has 1 aliphatic heterocycles. The van der Waals surface area contributed by atoms with Crippen molar-refractivity contribution in [3.8, 4) is 0 Å². The van der Waals surface area contributed by atoms with E-state index in [1.807, 2.05) is 18.2 Å². The number of aliphatic hydroxyl groups excluding tert-OH is 1. The van der Waals surface area contributed by atoms with E-state index in [4.69, 9.17) is 23.2 Å². The van der Waals surface area contributed by atoms with Gasteiger partial charge in [-0.15, -0.1) is 11.6 Å². The number of aryl methyl sites for hydroxylation is 1. The van der Waals surface area contributed by atoms with Crippen molar-refractivity contribution in [1.82, 2.24) is 0 Å². The van der Waals surface area contributed by atoms with Crippen molar-refractivity contribution < 1.29 is 22.6 Å². The molecule has 3 aromatic carbocycles. The monoisotopic (exact) mass is 598 g/mol. The Bertz CT molecular complexity index is 1570. The van der Waals surface area contributed by atoms with Crippen molar-refractivity contribution >= 4 is 62.1 Å². The fraction of sp³-hybridized carbons (Fsp3) is 0.258. The van der Waals surface area contributed by atoms with Crippen molar-refractivity contribution in [2.75, 3.05) is 24.6 Å². The summed E-state index contributed by atoms with van der Waals surface area (Å²) in [6.45, 7) is 2.36. The van der Waals surface area contributed by atoms with Crippen LogP contribution in [0.15, 0.2) is 83.8 Å². The third kappa shape index (κ3) is 7.83. The van der Waals surface area contributed by atoms with E-state index in [9.17, 15) is 18.1 Å². The van der Waals surface area contributed by atoms with E-state index in [1.54, 1.807) is 0 Å². The van der Waals surface area contributed by atoms with Gasteiger partial charge in [0.2, 0.25) is 11.2 Å². The molecule has 2 heterocycles. The van der Waals surface area contributed by atoms with Gasteiger partial charge in [-0.2, -0.15) is 4.57 Å². The lowest BCUT2D eigenvalue weighted by molar-refractivity contribution is -0.646. The summed E-state index contributed by atoms with van der Waals surface area (Å²) in [7, 11) is -2.25. The number of halogens is 2. The normalized spacial score (nSPS) is 14.4. The molecule has 1 aromatic heterocycles. The van der Waals surface area contributed by atoms with Crippen LogP contribution in [0.3, 0.4) is 0 Å². The Labute approximate surface area is 245 Å². The van der Waals surface area contributed by atoms with Gasteiger partial charge in [0.05, 0.1) is 4.90 Å². The summed E-state index contributed by atoms with van der Waals surface area (Å²) in [6.07, 6.45) is 6.43. The number of anilines is 1. The van der Waals surface area contributed by atoms with E-state index >= 15 is 0 Å². The zero-order chi connectivity index (χ0) is 28.7. The fourth-order valence-electron chi connectivity index (χ4n) is 4.64. The molecule has 1 fully saturated rings. The third-order valence-corrected chi connectivity index (χ3v) is 8.51. The van der Waals surface area contributed by atoms with E-state index in [1.165, 1.54) is 40.9 Å². The molecule has 1 saturated heterocycles. The van der Waals surface area contributed by atoms with Crippen LogP contribution in [-0.2, 0) is 23.0 Å². The molecular formula is C31H32Cl2N2O4S. The number of aromatic nitrogens is 1. The molecule has 210 valence electrons. The van der Waals surface area contributed by atoms with Crippen molar-refractivity contribution in [1.29, 1.82) is 0 Å². The molecule has 1 N–H and O–H groups in total. The first kappa shape index (κ1) is 30.0.